The number of carbonyl (C=O) groups is 1. The first kappa shape index (κ1) is 16.9. The fraction of sp³-hybridized carbons (Fsp3) is 0.368. The van der Waals surface area contributed by atoms with Crippen LogP contribution < -0.4 is 0 Å². The van der Waals surface area contributed by atoms with Crippen LogP contribution in [0, 0.1) is 5.92 Å². The van der Waals surface area contributed by atoms with Crippen LogP contribution >= 0.6 is 11.6 Å². The molecule has 1 aliphatic heterocycles. The van der Waals surface area contributed by atoms with E-state index < -0.39 is 0 Å². The number of pyridine rings is 1. The fourth-order valence-electron chi connectivity index (χ4n) is 3.22. The Kier molecular flexibility index (Phi) is 5.48. The molecule has 1 atom stereocenters. The van der Waals surface area contributed by atoms with E-state index >= 15 is 0 Å². The molecule has 1 fully saturated rings. The lowest BCUT2D eigenvalue weighted by Crippen LogP contribution is -2.33. The minimum Gasteiger partial charge on any atom is -0.340 e. The number of amides is 1. The van der Waals surface area contributed by atoms with Gasteiger partial charge in [0, 0.05) is 32.9 Å². The summed E-state index contributed by atoms with van der Waals surface area (Å²) in [5, 5.41) is 0.543. The summed E-state index contributed by atoms with van der Waals surface area (Å²) >= 11 is 5.82. The predicted molar refractivity (Wildman–Crippen MR) is 96.0 cm³/mol. The number of carbonyl (C=O) groups excluding carboxylic acids is 1. The second-order valence-corrected chi connectivity index (χ2v) is 6.86. The second-order valence-electron chi connectivity index (χ2n) is 6.42. The number of hydrogen-bond acceptors (Lipinski definition) is 3. The molecule has 1 aromatic heterocycles. The Labute approximate surface area is 148 Å². The van der Waals surface area contributed by atoms with Crippen LogP contribution in [0.3, 0.4) is 0 Å². The molecule has 2 heterocycles. The summed E-state index contributed by atoms with van der Waals surface area (Å²) in [4.78, 5) is 20.8. The van der Waals surface area contributed by atoms with Gasteiger partial charge in [-0.3, -0.25) is 9.69 Å². The third kappa shape index (κ3) is 4.34. The molecule has 24 heavy (non-hydrogen) atoms. The van der Waals surface area contributed by atoms with E-state index in [4.69, 9.17) is 11.6 Å². The molecule has 4 nitrogen and oxygen atoms in total. The molecule has 1 saturated heterocycles. The highest BCUT2D eigenvalue weighted by Gasteiger charge is 2.25. The van der Waals surface area contributed by atoms with Gasteiger partial charge in [-0.25, -0.2) is 4.98 Å². The number of halogens is 1. The summed E-state index contributed by atoms with van der Waals surface area (Å²) in [6, 6.07) is 13.9. The molecule has 126 valence electrons. The Morgan fingerprint density at radius 2 is 2.08 bits per heavy atom. The number of benzene rings is 1. The number of likely N-dealkylation sites (tertiary alicyclic amines) is 1. The standard InChI is InChI=1S/C19H22ClN3O/c1-22(19(24)18-8-7-17(20)11-21-18)12-16-9-10-23(14-16)13-15-5-3-2-4-6-15/h2-8,11,16H,9-10,12-14H2,1H3/t16-/m1/s1. The minimum atomic E-state index is -0.0480. The Bertz CT molecular complexity index is 675. The first-order valence-corrected chi connectivity index (χ1v) is 8.63. The molecule has 1 amide bonds. The average Bonchev–Trinajstić information content (AvgIpc) is 3.02. The average molecular weight is 344 g/mol. The Balaban J connectivity index is 1.51. The lowest BCUT2D eigenvalue weighted by atomic mass is 10.1. The summed E-state index contributed by atoms with van der Waals surface area (Å²) in [6.07, 6.45) is 2.64. The van der Waals surface area contributed by atoms with Gasteiger partial charge in [-0.15, -0.1) is 0 Å². The highest BCUT2D eigenvalue weighted by molar-refractivity contribution is 6.30. The van der Waals surface area contributed by atoms with E-state index in [1.54, 1.807) is 17.0 Å². The molecule has 1 aliphatic rings. The molecule has 0 N–H and O–H groups in total. The highest BCUT2D eigenvalue weighted by Crippen LogP contribution is 2.20. The van der Waals surface area contributed by atoms with Crippen molar-refractivity contribution in [3.8, 4) is 0 Å². The quantitative estimate of drug-likeness (QED) is 0.835. The summed E-state index contributed by atoms with van der Waals surface area (Å²) < 4.78 is 0. The molecule has 0 bridgehead atoms. The summed E-state index contributed by atoms with van der Waals surface area (Å²) in [7, 11) is 1.85. The first-order chi connectivity index (χ1) is 11.6. The number of aromatic nitrogens is 1. The van der Waals surface area contributed by atoms with E-state index in [-0.39, 0.29) is 5.91 Å². The van der Waals surface area contributed by atoms with E-state index in [2.05, 4.69) is 34.1 Å². The van der Waals surface area contributed by atoms with Gasteiger partial charge in [0.15, 0.2) is 0 Å². The van der Waals surface area contributed by atoms with Gasteiger partial charge in [0.05, 0.1) is 5.02 Å². The van der Waals surface area contributed by atoms with Crippen molar-refractivity contribution >= 4 is 17.5 Å². The fourth-order valence-corrected chi connectivity index (χ4v) is 3.33. The third-order valence-corrected chi connectivity index (χ3v) is 4.67. The van der Waals surface area contributed by atoms with Gasteiger partial charge in [-0.05, 0) is 36.6 Å². The zero-order valence-corrected chi connectivity index (χ0v) is 14.6. The molecular formula is C19H22ClN3O. The predicted octanol–water partition coefficient (Wildman–Crippen LogP) is 3.33. The molecule has 3 rings (SSSR count). The summed E-state index contributed by atoms with van der Waals surface area (Å²) in [6.45, 7) is 3.85. The molecule has 2 aromatic rings. The van der Waals surface area contributed by atoms with E-state index in [1.165, 1.54) is 11.8 Å². The van der Waals surface area contributed by atoms with Crippen molar-refractivity contribution in [2.75, 3.05) is 26.7 Å². The maximum absolute atomic E-state index is 12.4. The molecular weight excluding hydrogens is 322 g/mol. The van der Waals surface area contributed by atoms with Gasteiger partial charge in [0.25, 0.3) is 5.91 Å². The maximum atomic E-state index is 12.4. The second kappa shape index (κ2) is 7.77. The number of hydrogen-bond donors (Lipinski definition) is 0. The third-order valence-electron chi connectivity index (χ3n) is 4.44. The van der Waals surface area contributed by atoms with Crippen LogP contribution in [-0.4, -0.2) is 47.4 Å². The van der Waals surface area contributed by atoms with Gasteiger partial charge in [-0.1, -0.05) is 41.9 Å². The molecule has 0 saturated carbocycles. The van der Waals surface area contributed by atoms with E-state index in [0.717, 1.165) is 32.6 Å². The smallest absolute Gasteiger partial charge is 0.272 e. The Hall–Kier alpha value is -1.91. The van der Waals surface area contributed by atoms with Gasteiger partial charge >= 0.3 is 0 Å². The van der Waals surface area contributed by atoms with Gasteiger partial charge < -0.3 is 4.90 Å². The van der Waals surface area contributed by atoms with Crippen molar-refractivity contribution in [2.45, 2.75) is 13.0 Å². The van der Waals surface area contributed by atoms with Gasteiger partial charge in [0.1, 0.15) is 5.69 Å². The van der Waals surface area contributed by atoms with Crippen LogP contribution in [0.15, 0.2) is 48.7 Å². The maximum Gasteiger partial charge on any atom is 0.272 e. The highest BCUT2D eigenvalue weighted by atomic mass is 35.5. The van der Waals surface area contributed by atoms with Crippen LogP contribution in [0.5, 0.6) is 0 Å². The summed E-state index contributed by atoms with van der Waals surface area (Å²) in [5.41, 5.74) is 1.79. The van der Waals surface area contributed by atoms with Crippen molar-refractivity contribution in [3.63, 3.8) is 0 Å². The van der Waals surface area contributed by atoms with Crippen LogP contribution in [0.2, 0.25) is 5.02 Å². The minimum absolute atomic E-state index is 0.0480. The van der Waals surface area contributed by atoms with Crippen LogP contribution in [0.4, 0.5) is 0 Å². The van der Waals surface area contributed by atoms with Crippen LogP contribution in [-0.2, 0) is 6.54 Å². The molecule has 1 aromatic carbocycles. The molecule has 5 heteroatoms. The normalized spacial score (nSPS) is 17.8. The van der Waals surface area contributed by atoms with E-state index in [1.807, 2.05) is 13.1 Å². The monoisotopic (exact) mass is 343 g/mol. The Morgan fingerprint density at radius 3 is 2.79 bits per heavy atom. The van der Waals surface area contributed by atoms with Crippen LogP contribution in [0.1, 0.15) is 22.5 Å². The lowest BCUT2D eigenvalue weighted by Gasteiger charge is -2.21. The number of nitrogens with zero attached hydrogens (tertiary/aromatic N) is 3. The van der Waals surface area contributed by atoms with Gasteiger partial charge in [0.2, 0.25) is 0 Å². The first-order valence-electron chi connectivity index (χ1n) is 8.25. The van der Waals surface area contributed by atoms with Crippen molar-refractivity contribution in [1.29, 1.82) is 0 Å². The van der Waals surface area contributed by atoms with Crippen LogP contribution in [0.25, 0.3) is 0 Å². The Morgan fingerprint density at radius 1 is 1.29 bits per heavy atom. The lowest BCUT2D eigenvalue weighted by molar-refractivity contribution is 0.0767. The topological polar surface area (TPSA) is 36.4 Å². The zero-order valence-electron chi connectivity index (χ0n) is 13.9. The molecule has 0 unspecified atom stereocenters. The van der Waals surface area contributed by atoms with E-state index in [9.17, 15) is 4.79 Å². The number of rotatable bonds is 5. The van der Waals surface area contributed by atoms with Crippen molar-refractivity contribution in [2.24, 2.45) is 5.92 Å². The molecule has 0 spiro atoms. The van der Waals surface area contributed by atoms with Gasteiger partial charge in [-0.2, -0.15) is 0 Å². The molecule has 0 radical (unpaired) electrons. The van der Waals surface area contributed by atoms with Crippen molar-refractivity contribution < 1.29 is 4.79 Å². The molecule has 0 aliphatic carbocycles. The summed E-state index contributed by atoms with van der Waals surface area (Å²) in [5.74, 6) is 0.461. The SMILES string of the molecule is CN(C[C@H]1CCN(Cc2ccccc2)C1)C(=O)c1ccc(Cl)cn1. The van der Waals surface area contributed by atoms with Crippen molar-refractivity contribution in [1.82, 2.24) is 14.8 Å². The zero-order chi connectivity index (χ0) is 16.9. The largest absolute Gasteiger partial charge is 0.340 e. The van der Waals surface area contributed by atoms with Crippen molar-refractivity contribution in [3.05, 3.63) is 64.9 Å². The van der Waals surface area contributed by atoms with E-state index in [0.29, 0.717) is 16.6 Å².